The highest BCUT2D eigenvalue weighted by atomic mass is 32.2. The number of hydrogen-bond acceptors (Lipinski definition) is 6. The molecule has 0 bridgehead atoms. The van der Waals surface area contributed by atoms with Crippen molar-refractivity contribution in [3.63, 3.8) is 0 Å². The molecule has 0 radical (unpaired) electrons. The van der Waals surface area contributed by atoms with Crippen molar-refractivity contribution in [1.29, 1.82) is 0 Å². The number of carbonyl (C=O) groups is 2. The number of benzene rings is 3. The van der Waals surface area contributed by atoms with E-state index in [1.54, 1.807) is 0 Å². The van der Waals surface area contributed by atoms with Gasteiger partial charge in [0.15, 0.2) is 0 Å². The van der Waals surface area contributed by atoms with Gasteiger partial charge < -0.3 is 0 Å². The van der Waals surface area contributed by atoms with E-state index in [1.165, 1.54) is 36.4 Å². The highest BCUT2D eigenvalue weighted by molar-refractivity contribution is 7.89. The first-order valence-electron chi connectivity index (χ1n) is 10.9. The highest BCUT2D eigenvalue weighted by Gasteiger charge is 2.46. The predicted molar refractivity (Wildman–Crippen MR) is 129 cm³/mol. The number of amides is 2. The van der Waals surface area contributed by atoms with Gasteiger partial charge in [0.25, 0.3) is 5.91 Å². The first-order chi connectivity index (χ1) is 17.4. The molecule has 9 nitrogen and oxygen atoms in total. The maximum absolute atomic E-state index is 13.6. The minimum Gasteiger partial charge on any atom is -0.274 e. The molecule has 1 unspecified atom stereocenters. The summed E-state index contributed by atoms with van der Waals surface area (Å²) in [4.78, 5) is 26.5. The van der Waals surface area contributed by atoms with Crippen molar-refractivity contribution in [1.82, 2.24) is 4.31 Å². The lowest BCUT2D eigenvalue weighted by atomic mass is 10.1. The Labute approximate surface area is 212 Å². The zero-order chi connectivity index (χ0) is 27.0. The van der Waals surface area contributed by atoms with Crippen molar-refractivity contribution >= 4 is 37.5 Å². The van der Waals surface area contributed by atoms with Gasteiger partial charge in [-0.25, -0.2) is 35.7 Å². The van der Waals surface area contributed by atoms with Gasteiger partial charge in [0.05, 0.1) is 21.9 Å². The van der Waals surface area contributed by atoms with E-state index in [0.717, 1.165) is 45.6 Å². The maximum Gasteiger partial charge on any atom is 0.252 e. The summed E-state index contributed by atoms with van der Waals surface area (Å²) >= 11 is 0. The molecule has 0 saturated carbocycles. The first kappa shape index (κ1) is 26.5. The molecule has 2 amide bonds. The third-order valence-corrected chi connectivity index (χ3v) is 8.70. The van der Waals surface area contributed by atoms with Crippen molar-refractivity contribution in [2.75, 3.05) is 11.4 Å². The Morgan fingerprint density at radius 3 is 1.86 bits per heavy atom. The minimum absolute atomic E-state index is 0.0554. The Hall–Kier alpha value is -3.52. The number of imide groups is 1. The van der Waals surface area contributed by atoms with Gasteiger partial charge in [-0.15, -0.1) is 0 Å². The quantitative estimate of drug-likeness (QED) is 0.428. The van der Waals surface area contributed by atoms with Gasteiger partial charge in [0, 0.05) is 6.54 Å². The van der Waals surface area contributed by atoms with E-state index in [1.807, 2.05) is 0 Å². The summed E-state index contributed by atoms with van der Waals surface area (Å²) in [5.74, 6) is -2.71. The molecule has 1 atom stereocenters. The minimum atomic E-state index is -4.38. The Balaban J connectivity index is 1.67. The van der Waals surface area contributed by atoms with Gasteiger partial charge in [0.1, 0.15) is 17.7 Å². The van der Waals surface area contributed by atoms with Crippen LogP contribution in [0.25, 0.3) is 0 Å². The van der Waals surface area contributed by atoms with Gasteiger partial charge in [-0.3, -0.25) is 9.59 Å². The van der Waals surface area contributed by atoms with Crippen molar-refractivity contribution in [3.05, 3.63) is 90.0 Å². The number of hydrogen-bond donors (Lipinski definition) is 1. The second-order valence-electron chi connectivity index (χ2n) is 8.27. The summed E-state index contributed by atoms with van der Waals surface area (Å²) in [7, 11) is -8.30. The number of nitrogens with zero attached hydrogens (tertiary/aromatic N) is 2. The van der Waals surface area contributed by atoms with Crippen LogP contribution in [0.15, 0.2) is 82.6 Å². The van der Waals surface area contributed by atoms with E-state index >= 15 is 0 Å². The number of nitrogens with two attached hydrogens (primary N) is 1. The van der Waals surface area contributed by atoms with Crippen LogP contribution >= 0.6 is 0 Å². The fourth-order valence-corrected chi connectivity index (χ4v) is 6.07. The number of rotatable bonds is 8. The first-order valence-corrected chi connectivity index (χ1v) is 13.9. The van der Waals surface area contributed by atoms with Crippen molar-refractivity contribution in [2.45, 2.75) is 28.7 Å². The summed E-state index contributed by atoms with van der Waals surface area (Å²) in [5.41, 5.74) is 0.635. The van der Waals surface area contributed by atoms with Crippen LogP contribution in [-0.2, 0) is 36.1 Å². The second kappa shape index (κ2) is 10.1. The summed E-state index contributed by atoms with van der Waals surface area (Å²) in [5, 5.41) is 5.10. The van der Waals surface area contributed by atoms with Crippen LogP contribution in [0.2, 0.25) is 0 Å². The van der Waals surface area contributed by atoms with Gasteiger partial charge in [-0.2, -0.15) is 4.31 Å². The monoisotopic (exact) mass is 549 g/mol. The molecular formula is C24H21F2N3O6S2. The van der Waals surface area contributed by atoms with Gasteiger partial charge in [-0.1, -0.05) is 12.1 Å². The molecule has 37 heavy (non-hydrogen) atoms. The van der Waals surface area contributed by atoms with E-state index in [9.17, 15) is 35.2 Å². The topological polar surface area (TPSA) is 135 Å². The lowest BCUT2D eigenvalue weighted by Gasteiger charge is -2.27. The van der Waals surface area contributed by atoms with Crippen LogP contribution in [0, 0.1) is 11.6 Å². The number of carbonyl (C=O) groups excluding carboxylic acids is 2. The number of primary sulfonamides is 1. The average Bonchev–Trinajstić information content (AvgIpc) is 3.13. The normalized spacial score (nSPS) is 16.5. The molecule has 0 aliphatic carbocycles. The van der Waals surface area contributed by atoms with E-state index in [0.29, 0.717) is 5.56 Å². The Kier molecular flexibility index (Phi) is 7.24. The molecule has 3 aromatic rings. The van der Waals surface area contributed by atoms with Crippen LogP contribution in [0.4, 0.5) is 14.5 Å². The van der Waals surface area contributed by atoms with Gasteiger partial charge >= 0.3 is 0 Å². The average molecular weight is 550 g/mol. The molecule has 1 heterocycles. The lowest BCUT2D eigenvalue weighted by molar-refractivity contribution is -0.122. The molecule has 13 heteroatoms. The molecule has 1 aliphatic rings. The van der Waals surface area contributed by atoms with Gasteiger partial charge in [-0.05, 0) is 72.6 Å². The van der Waals surface area contributed by atoms with Crippen molar-refractivity contribution in [3.8, 4) is 0 Å². The third kappa shape index (κ3) is 5.59. The summed E-state index contributed by atoms with van der Waals surface area (Å²) < 4.78 is 77.8. The van der Waals surface area contributed by atoms with Crippen LogP contribution in [0.3, 0.4) is 0 Å². The van der Waals surface area contributed by atoms with Crippen LogP contribution < -0.4 is 10.0 Å². The zero-order valence-corrected chi connectivity index (χ0v) is 20.8. The zero-order valence-electron chi connectivity index (χ0n) is 19.1. The van der Waals surface area contributed by atoms with Crippen molar-refractivity contribution in [2.24, 2.45) is 5.14 Å². The van der Waals surface area contributed by atoms with Crippen LogP contribution in [0.1, 0.15) is 12.0 Å². The van der Waals surface area contributed by atoms with E-state index in [4.69, 9.17) is 5.14 Å². The molecule has 2 N–H and O–H groups in total. The maximum atomic E-state index is 13.6. The standard InChI is InChI=1S/C24H21F2N3O6S2/c25-17-3-7-19(8-4-17)29-23(30)15-22(24(29)31)28(37(34,35)21-11-5-18(26)6-12-21)14-13-16-1-9-20(10-2-16)36(27,32)33/h1-12,22H,13-15H2,(H2,27,32,33). The summed E-state index contributed by atoms with van der Waals surface area (Å²) in [6.07, 6.45) is -0.402. The molecule has 1 fully saturated rings. The second-order valence-corrected chi connectivity index (χ2v) is 11.7. The fraction of sp³-hybridized carbons (Fsp3) is 0.167. The number of sulfonamides is 2. The van der Waals surface area contributed by atoms with Crippen LogP contribution in [0.5, 0.6) is 0 Å². The molecule has 194 valence electrons. The number of halogens is 2. The number of anilines is 1. The molecule has 3 aromatic carbocycles. The molecular weight excluding hydrogens is 528 g/mol. The third-order valence-electron chi connectivity index (χ3n) is 5.85. The highest BCUT2D eigenvalue weighted by Crippen LogP contribution is 2.30. The molecule has 4 rings (SSSR count). The van der Waals surface area contributed by atoms with Gasteiger partial charge in [0.2, 0.25) is 26.0 Å². The van der Waals surface area contributed by atoms with E-state index < -0.39 is 56.0 Å². The summed E-state index contributed by atoms with van der Waals surface area (Å²) in [6.45, 7) is -0.255. The molecule has 1 aliphatic heterocycles. The molecule has 0 aromatic heterocycles. The smallest absolute Gasteiger partial charge is 0.252 e. The summed E-state index contributed by atoms with van der Waals surface area (Å²) in [6, 6.07) is 12.7. The van der Waals surface area contributed by atoms with Crippen LogP contribution in [-0.4, -0.2) is 45.5 Å². The largest absolute Gasteiger partial charge is 0.274 e. The molecule has 0 spiro atoms. The van der Waals surface area contributed by atoms with Crippen molar-refractivity contribution < 1.29 is 35.2 Å². The Morgan fingerprint density at radius 1 is 0.811 bits per heavy atom. The fourth-order valence-electron chi connectivity index (χ4n) is 3.97. The van der Waals surface area contributed by atoms with E-state index in [-0.39, 0.29) is 28.4 Å². The lowest BCUT2D eigenvalue weighted by Crippen LogP contribution is -2.46. The van der Waals surface area contributed by atoms with E-state index in [2.05, 4.69) is 0 Å². The predicted octanol–water partition coefficient (Wildman–Crippen LogP) is 2.18. The SMILES string of the molecule is NS(=O)(=O)c1ccc(CCN(C2CC(=O)N(c3ccc(F)cc3)C2=O)S(=O)(=O)c2ccc(F)cc2)cc1. The Morgan fingerprint density at radius 2 is 1.32 bits per heavy atom. The Bertz CT molecular complexity index is 1540. The molecule has 1 saturated heterocycles.